The van der Waals surface area contributed by atoms with Crippen molar-refractivity contribution in [3.05, 3.63) is 42.1 Å². The van der Waals surface area contributed by atoms with Gasteiger partial charge in [0.05, 0.1) is 5.52 Å². The summed E-state index contributed by atoms with van der Waals surface area (Å²) in [5.41, 5.74) is 6.67. The van der Waals surface area contributed by atoms with Gasteiger partial charge in [0.15, 0.2) is 0 Å². The van der Waals surface area contributed by atoms with E-state index >= 15 is 0 Å². The molecule has 2 atom stereocenters. The number of carbonyl (C=O) groups excluding carboxylic acids is 1. The average molecular weight is 323 g/mol. The number of fused-ring (bicyclic) bond motifs is 1. The van der Waals surface area contributed by atoms with Crippen LogP contribution in [-0.4, -0.2) is 40.6 Å². The van der Waals surface area contributed by atoms with Crippen LogP contribution >= 0.6 is 0 Å². The van der Waals surface area contributed by atoms with Crippen LogP contribution in [0.4, 0.5) is 13.2 Å². The number of benzene rings is 1. The summed E-state index contributed by atoms with van der Waals surface area (Å²) in [6, 6.07) is 5.98. The van der Waals surface area contributed by atoms with E-state index in [1.807, 2.05) is 0 Å². The van der Waals surface area contributed by atoms with Crippen LogP contribution < -0.4 is 5.73 Å². The third kappa shape index (κ3) is 3.14. The molecule has 1 fully saturated rings. The van der Waals surface area contributed by atoms with Gasteiger partial charge in [0, 0.05) is 29.7 Å². The summed E-state index contributed by atoms with van der Waals surface area (Å²) in [6.45, 7) is -0.0892. The number of hydrogen-bond acceptors (Lipinski definition) is 3. The molecule has 0 bridgehead atoms. The highest BCUT2D eigenvalue weighted by atomic mass is 19.4. The van der Waals surface area contributed by atoms with Crippen molar-refractivity contribution < 1.29 is 18.0 Å². The monoisotopic (exact) mass is 323 g/mol. The van der Waals surface area contributed by atoms with Gasteiger partial charge in [-0.2, -0.15) is 13.2 Å². The van der Waals surface area contributed by atoms with Gasteiger partial charge in [-0.3, -0.25) is 9.78 Å². The lowest BCUT2D eigenvalue weighted by molar-refractivity contribution is -0.184. The second-order valence-corrected chi connectivity index (χ2v) is 5.76. The second kappa shape index (κ2) is 5.81. The van der Waals surface area contributed by atoms with Gasteiger partial charge in [-0.1, -0.05) is 6.07 Å². The molecule has 0 radical (unpaired) electrons. The van der Waals surface area contributed by atoms with E-state index in [0.717, 1.165) is 4.90 Å². The highest BCUT2D eigenvalue weighted by molar-refractivity contribution is 5.98. The first-order valence-corrected chi connectivity index (χ1v) is 7.34. The molecule has 4 nitrogen and oxygen atoms in total. The molecule has 1 aliphatic rings. The normalized spacial score (nSPS) is 22.3. The highest BCUT2D eigenvalue weighted by Gasteiger charge is 2.47. The third-order valence-electron chi connectivity index (χ3n) is 4.11. The number of hydrogen-bond donors (Lipinski definition) is 1. The smallest absolute Gasteiger partial charge is 0.326 e. The van der Waals surface area contributed by atoms with Gasteiger partial charge in [-0.05, 0) is 37.1 Å². The van der Waals surface area contributed by atoms with E-state index in [4.69, 9.17) is 5.73 Å². The maximum absolute atomic E-state index is 13.2. The van der Waals surface area contributed by atoms with Gasteiger partial charge >= 0.3 is 6.18 Å². The maximum atomic E-state index is 13.2. The van der Waals surface area contributed by atoms with Crippen molar-refractivity contribution in [1.82, 2.24) is 9.88 Å². The molecule has 1 aromatic heterocycles. The van der Waals surface area contributed by atoms with Gasteiger partial charge in [-0.25, -0.2) is 0 Å². The topological polar surface area (TPSA) is 59.2 Å². The Hall–Kier alpha value is -2.15. The van der Waals surface area contributed by atoms with Crippen LogP contribution in [0, 0.1) is 0 Å². The standard InChI is InChI=1S/C16H16F3N3O/c17-16(18,19)14-6-4-12(20)9-22(14)15(23)11-3-5-13-10(8-11)2-1-7-21-13/h1-3,5,7-8,12,14H,4,6,9,20H2/t12-,14-/m0/s1. The predicted octanol–water partition coefficient (Wildman–Crippen LogP) is 2.73. The number of carbonyl (C=O) groups is 1. The zero-order valence-corrected chi connectivity index (χ0v) is 12.3. The van der Waals surface area contributed by atoms with Crippen LogP contribution in [0.25, 0.3) is 10.9 Å². The van der Waals surface area contributed by atoms with Gasteiger partial charge in [0.1, 0.15) is 6.04 Å². The molecule has 1 saturated heterocycles. The third-order valence-corrected chi connectivity index (χ3v) is 4.11. The number of alkyl halides is 3. The summed E-state index contributed by atoms with van der Waals surface area (Å²) in [6.07, 6.45) is -2.73. The quantitative estimate of drug-likeness (QED) is 0.878. The fourth-order valence-electron chi connectivity index (χ4n) is 2.94. The number of aromatic nitrogens is 1. The molecule has 23 heavy (non-hydrogen) atoms. The van der Waals surface area contributed by atoms with Crippen molar-refractivity contribution in [2.45, 2.75) is 31.1 Å². The summed E-state index contributed by atoms with van der Waals surface area (Å²) in [5.74, 6) is -0.645. The Morgan fingerprint density at radius 2 is 2.04 bits per heavy atom. The highest BCUT2D eigenvalue weighted by Crippen LogP contribution is 2.32. The molecule has 1 aromatic carbocycles. The Bertz CT molecular complexity index is 732. The van der Waals surface area contributed by atoms with Crippen molar-refractivity contribution in [3.8, 4) is 0 Å². The number of nitrogens with two attached hydrogens (primary N) is 1. The first kappa shape index (κ1) is 15.7. The lowest BCUT2D eigenvalue weighted by Crippen LogP contribution is -2.56. The van der Waals surface area contributed by atoms with Gasteiger partial charge in [0.25, 0.3) is 5.91 Å². The lowest BCUT2D eigenvalue weighted by atomic mass is 9.97. The molecule has 0 spiro atoms. The predicted molar refractivity (Wildman–Crippen MR) is 79.8 cm³/mol. The van der Waals surface area contributed by atoms with Crippen LogP contribution in [0.1, 0.15) is 23.2 Å². The van der Waals surface area contributed by atoms with Gasteiger partial charge in [-0.15, -0.1) is 0 Å². The van der Waals surface area contributed by atoms with Crippen LogP contribution in [0.5, 0.6) is 0 Å². The molecule has 1 aliphatic heterocycles. The van der Waals surface area contributed by atoms with Crippen molar-refractivity contribution in [3.63, 3.8) is 0 Å². The molecule has 0 unspecified atom stereocenters. The molecule has 2 aromatic rings. The number of nitrogens with zero attached hydrogens (tertiary/aromatic N) is 2. The minimum Gasteiger partial charge on any atom is -0.326 e. The van der Waals surface area contributed by atoms with Crippen molar-refractivity contribution >= 4 is 16.8 Å². The van der Waals surface area contributed by atoms with Gasteiger partial charge < -0.3 is 10.6 Å². The summed E-state index contributed by atoms with van der Waals surface area (Å²) in [5, 5.41) is 0.711. The summed E-state index contributed by atoms with van der Waals surface area (Å²) in [7, 11) is 0. The molecular weight excluding hydrogens is 307 g/mol. The fraction of sp³-hybridized carbons (Fsp3) is 0.375. The van der Waals surface area contributed by atoms with Crippen LogP contribution in [0.2, 0.25) is 0 Å². The number of pyridine rings is 1. The lowest BCUT2D eigenvalue weighted by Gasteiger charge is -2.39. The number of likely N-dealkylation sites (tertiary alicyclic amines) is 1. The van der Waals surface area contributed by atoms with E-state index < -0.39 is 24.2 Å². The second-order valence-electron chi connectivity index (χ2n) is 5.76. The van der Waals surface area contributed by atoms with E-state index in [1.165, 1.54) is 6.07 Å². The minimum absolute atomic E-state index is 0.0892. The number of halogens is 3. The Balaban J connectivity index is 1.94. The van der Waals surface area contributed by atoms with E-state index in [-0.39, 0.29) is 24.9 Å². The minimum atomic E-state index is -4.45. The first-order valence-electron chi connectivity index (χ1n) is 7.34. The van der Waals surface area contributed by atoms with Crippen molar-refractivity contribution in [2.75, 3.05) is 6.54 Å². The Morgan fingerprint density at radius 3 is 2.78 bits per heavy atom. The molecule has 1 amide bonds. The maximum Gasteiger partial charge on any atom is 0.408 e. The molecule has 122 valence electrons. The molecule has 0 saturated carbocycles. The van der Waals surface area contributed by atoms with E-state index in [0.29, 0.717) is 10.9 Å². The van der Waals surface area contributed by atoms with E-state index in [9.17, 15) is 18.0 Å². The average Bonchev–Trinajstić information content (AvgIpc) is 2.52. The van der Waals surface area contributed by atoms with E-state index in [1.54, 1.807) is 30.5 Å². The van der Waals surface area contributed by atoms with Crippen LogP contribution in [0.3, 0.4) is 0 Å². The Morgan fingerprint density at radius 1 is 1.26 bits per heavy atom. The molecule has 3 rings (SSSR count). The molecule has 7 heteroatoms. The Labute approximate surface area is 131 Å². The van der Waals surface area contributed by atoms with Crippen LogP contribution in [-0.2, 0) is 0 Å². The molecule has 2 N–H and O–H groups in total. The molecule has 2 heterocycles. The molecular formula is C16H16F3N3O. The molecule has 0 aliphatic carbocycles. The Kier molecular flexibility index (Phi) is 3.97. The summed E-state index contributed by atoms with van der Waals surface area (Å²) < 4.78 is 39.6. The zero-order valence-electron chi connectivity index (χ0n) is 12.3. The summed E-state index contributed by atoms with van der Waals surface area (Å²) >= 11 is 0. The van der Waals surface area contributed by atoms with Crippen molar-refractivity contribution in [1.29, 1.82) is 0 Å². The number of rotatable bonds is 1. The summed E-state index contributed by atoms with van der Waals surface area (Å²) in [4.78, 5) is 17.6. The van der Waals surface area contributed by atoms with Crippen LogP contribution in [0.15, 0.2) is 36.5 Å². The van der Waals surface area contributed by atoms with Gasteiger partial charge in [0.2, 0.25) is 0 Å². The first-order chi connectivity index (χ1) is 10.9. The van der Waals surface area contributed by atoms with Crippen molar-refractivity contribution in [2.24, 2.45) is 5.73 Å². The SMILES string of the molecule is N[C@H]1CC[C@@H](C(F)(F)F)N(C(=O)c2ccc3ncccc3c2)C1. The number of amides is 1. The largest absolute Gasteiger partial charge is 0.408 e. The van der Waals surface area contributed by atoms with E-state index in [2.05, 4.69) is 4.98 Å². The zero-order chi connectivity index (χ0) is 16.6. The fourth-order valence-corrected chi connectivity index (χ4v) is 2.94. The number of piperidine rings is 1.